The van der Waals surface area contributed by atoms with E-state index >= 15 is 0 Å². The van der Waals surface area contributed by atoms with Gasteiger partial charge in [0.25, 0.3) is 0 Å². The summed E-state index contributed by atoms with van der Waals surface area (Å²) in [5.41, 5.74) is 1.85. The van der Waals surface area contributed by atoms with Crippen LogP contribution in [-0.2, 0) is 17.6 Å². The predicted octanol–water partition coefficient (Wildman–Crippen LogP) is 3.51. The van der Waals surface area contributed by atoms with E-state index in [1.807, 2.05) is 12.1 Å². The monoisotopic (exact) mass is 390 g/mol. The summed E-state index contributed by atoms with van der Waals surface area (Å²) in [6.45, 7) is 0.902. The van der Waals surface area contributed by atoms with Gasteiger partial charge in [0.2, 0.25) is 5.91 Å². The van der Waals surface area contributed by atoms with E-state index in [2.05, 4.69) is 22.8 Å². The number of hydrogen-bond donors (Lipinski definition) is 2. The molecular formula is C21H24ClFN2O2. The van der Waals surface area contributed by atoms with Gasteiger partial charge in [-0.3, -0.25) is 4.79 Å². The van der Waals surface area contributed by atoms with Gasteiger partial charge in [-0.1, -0.05) is 23.7 Å². The van der Waals surface area contributed by atoms with Gasteiger partial charge < -0.3 is 15.4 Å². The maximum Gasteiger partial charge on any atom is 0.224 e. The highest BCUT2D eigenvalue weighted by Gasteiger charge is 2.29. The first-order chi connectivity index (χ1) is 13.0. The van der Waals surface area contributed by atoms with Crippen LogP contribution in [0.5, 0.6) is 5.75 Å². The lowest BCUT2D eigenvalue weighted by molar-refractivity contribution is -0.121. The number of nitrogens with one attached hydrogen (secondary N) is 2. The molecule has 1 saturated carbocycles. The largest absolute Gasteiger partial charge is 0.497 e. The SMILES string of the molecule is COc1ccc(CCN[C@H]2C[C@H](NC(=O)Cc3cc(F)cc(Cl)c3)C2)cc1. The Morgan fingerprint density at radius 2 is 1.89 bits per heavy atom. The van der Waals surface area contributed by atoms with Crippen LogP contribution in [0.4, 0.5) is 4.39 Å². The lowest BCUT2D eigenvalue weighted by atomic mass is 9.86. The van der Waals surface area contributed by atoms with Crippen LogP contribution in [0, 0.1) is 5.82 Å². The van der Waals surface area contributed by atoms with Crippen LogP contribution in [0.15, 0.2) is 42.5 Å². The fourth-order valence-electron chi connectivity index (χ4n) is 3.29. The molecule has 0 unspecified atom stereocenters. The Hall–Kier alpha value is -2.11. The lowest BCUT2D eigenvalue weighted by Crippen LogP contribution is -2.53. The number of ether oxygens (including phenoxy) is 1. The molecule has 2 N–H and O–H groups in total. The van der Waals surface area contributed by atoms with E-state index in [4.69, 9.17) is 16.3 Å². The zero-order chi connectivity index (χ0) is 19.2. The number of methoxy groups -OCH3 is 1. The standard InChI is InChI=1S/C21H24ClFN2O2/c1-27-20-4-2-14(3-5-20)6-7-24-18-12-19(13-18)25-21(26)10-15-8-16(22)11-17(23)9-15/h2-5,8-9,11,18-19,24H,6-7,10,12-13H2,1H3,(H,25,26)/t18-,19-. The summed E-state index contributed by atoms with van der Waals surface area (Å²) in [6, 6.07) is 12.9. The first-order valence-electron chi connectivity index (χ1n) is 9.12. The van der Waals surface area contributed by atoms with Crippen molar-refractivity contribution in [2.45, 2.75) is 37.8 Å². The third kappa shape index (κ3) is 5.94. The quantitative estimate of drug-likeness (QED) is 0.725. The lowest BCUT2D eigenvalue weighted by Gasteiger charge is -2.36. The highest BCUT2D eigenvalue weighted by molar-refractivity contribution is 6.30. The smallest absolute Gasteiger partial charge is 0.224 e. The van der Waals surface area contributed by atoms with Crippen molar-refractivity contribution in [3.05, 3.63) is 64.4 Å². The second-order valence-electron chi connectivity index (χ2n) is 6.94. The molecule has 1 aliphatic rings. The minimum absolute atomic E-state index is 0.0988. The van der Waals surface area contributed by atoms with Crippen molar-refractivity contribution in [1.82, 2.24) is 10.6 Å². The Bertz CT molecular complexity index is 756. The minimum Gasteiger partial charge on any atom is -0.497 e. The summed E-state index contributed by atoms with van der Waals surface area (Å²) in [5.74, 6) is 0.346. The fourth-order valence-corrected chi connectivity index (χ4v) is 3.54. The third-order valence-corrected chi connectivity index (χ3v) is 5.01. The molecule has 1 amide bonds. The fraction of sp³-hybridized carbons (Fsp3) is 0.381. The number of hydrogen-bond acceptors (Lipinski definition) is 3. The second-order valence-corrected chi connectivity index (χ2v) is 7.38. The molecule has 2 aromatic carbocycles. The Kier molecular flexibility index (Phi) is 6.69. The molecule has 1 fully saturated rings. The molecule has 6 heteroatoms. The molecule has 2 aromatic rings. The average Bonchev–Trinajstić information content (AvgIpc) is 2.59. The van der Waals surface area contributed by atoms with E-state index in [-0.39, 0.29) is 18.4 Å². The van der Waals surface area contributed by atoms with Crippen LogP contribution in [0.1, 0.15) is 24.0 Å². The van der Waals surface area contributed by atoms with Gasteiger partial charge in [0.1, 0.15) is 11.6 Å². The van der Waals surface area contributed by atoms with Crippen LogP contribution in [0.25, 0.3) is 0 Å². The zero-order valence-corrected chi connectivity index (χ0v) is 16.1. The molecule has 4 nitrogen and oxygen atoms in total. The molecule has 0 heterocycles. The van der Waals surface area contributed by atoms with Gasteiger partial charge in [0, 0.05) is 17.1 Å². The molecular weight excluding hydrogens is 367 g/mol. The van der Waals surface area contributed by atoms with Crippen molar-refractivity contribution in [2.24, 2.45) is 0 Å². The Balaban J connectivity index is 1.32. The van der Waals surface area contributed by atoms with Crippen LogP contribution in [-0.4, -0.2) is 31.6 Å². The molecule has 1 aliphatic carbocycles. The minimum atomic E-state index is -0.421. The highest BCUT2D eigenvalue weighted by Crippen LogP contribution is 2.21. The Morgan fingerprint density at radius 1 is 1.15 bits per heavy atom. The average molecular weight is 391 g/mol. The molecule has 0 bridgehead atoms. The third-order valence-electron chi connectivity index (χ3n) is 4.80. The molecule has 144 valence electrons. The molecule has 0 aromatic heterocycles. The summed E-state index contributed by atoms with van der Waals surface area (Å²) in [4.78, 5) is 12.1. The Morgan fingerprint density at radius 3 is 2.56 bits per heavy atom. The Labute approximate surface area is 164 Å². The van der Waals surface area contributed by atoms with E-state index in [1.54, 1.807) is 13.2 Å². The molecule has 0 atom stereocenters. The molecule has 3 rings (SSSR count). The maximum atomic E-state index is 13.3. The molecule has 0 radical (unpaired) electrons. The summed E-state index contributed by atoms with van der Waals surface area (Å²) >= 11 is 5.82. The second kappa shape index (κ2) is 9.20. The molecule has 27 heavy (non-hydrogen) atoms. The number of rotatable bonds is 8. The van der Waals surface area contributed by atoms with Crippen LogP contribution in [0.3, 0.4) is 0 Å². The molecule has 0 saturated heterocycles. The van der Waals surface area contributed by atoms with Gasteiger partial charge in [-0.15, -0.1) is 0 Å². The molecule has 0 aliphatic heterocycles. The molecule has 0 spiro atoms. The number of benzene rings is 2. The van der Waals surface area contributed by atoms with Crippen LogP contribution < -0.4 is 15.4 Å². The summed E-state index contributed by atoms with van der Waals surface area (Å²) < 4.78 is 18.5. The highest BCUT2D eigenvalue weighted by atomic mass is 35.5. The van der Waals surface area contributed by atoms with Gasteiger partial charge in [-0.25, -0.2) is 4.39 Å². The first kappa shape index (κ1) is 19.6. The van der Waals surface area contributed by atoms with Crippen molar-refractivity contribution in [3.63, 3.8) is 0 Å². The van der Waals surface area contributed by atoms with Crippen molar-refractivity contribution in [2.75, 3.05) is 13.7 Å². The van der Waals surface area contributed by atoms with Crippen molar-refractivity contribution in [1.29, 1.82) is 0 Å². The van der Waals surface area contributed by atoms with E-state index in [0.717, 1.165) is 31.6 Å². The van der Waals surface area contributed by atoms with E-state index in [1.165, 1.54) is 17.7 Å². The van der Waals surface area contributed by atoms with Gasteiger partial charge in [-0.2, -0.15) is 0 Å². The number of amides is 1. The predicted molar refractivity (Wildman–Crippen MR) is 105 cm³/mol. The topological polar surface area (TPSA) is 50.4 Å². The van der Waals surface area contributed by atoms with Gasteiger partial charge >= 0.3 is 0 Å². The summed E-state index contributed by atoms with van der Waals surface area (Å²) in [7, 11) is 1.66. The number of carbonyl (C=O) groups is 1. The number of halogens is 2. The first-order valence-corrected chi connectivity index (χ1v) is 9.50. The van der Waals surface area contributed by atoms with Crippen molar-refractivity contribution in [3.8, 4) is 5.75 Å². The van der Waals surface area contributed by atoms with Gasteiger partial charge in [0.15, 0.2) is 0 Å². The van der Waals surface area contributed by atoms with Crippen molar-refractivity contribution >= 4 is 17.5 Å². The van der Waals surface area contributed by atoms with Crippen LogP contribution in [0.2, 0.25) is 5.02 Å². The number of carbonyl (C=O) groups excluding carboxylic acids is 1. The summed E-state index contributed by atoms with van der Waals surface area (Å²) in [6.07, 6.45) is 2.93. The van der Waals surface area contributed by atoms with Crippen molar-refractivity contribution < 1.29 is 13.9 Å². The summed E-state index contributed by atoms with van der Waals surface area (Å²) in [5, 5.41) is 6.82. The van der Waals surface area contributed by atoms with E-state index in [9.17, 15) is 9.18 Å². The maximum absolute atomic E-state index is 13.3. The van der Waals surface area contributed by atoms with E-state index in [0.29, 0.717) is 16.6 Å². The zero-order valence-electron chi connectivity index (χ0n) is 15.3. The van der Waals surface area contributed by atoms with E-state index < -0.39 is 5.82 Å². The van der Waals surface area contributed by atoms with Gasteiger partial charge in [-0.05, 0) is 67.3 Å². The normalized spacial score (nSPS) is 18.6. The van der Waals surface area contributed by atoms with Gasteiger partial charge in [0.05, 0.1) is 13.5 Å². The van der Waals surface area contributed by atoms with Crippen LogP contribution >= 0.6 is 11.6 Å².